The lowest BCUT2D eigenvalue weighted by molar-refractivity contribution is -0.138. The average molecular weight is 394 g/mol. The normalized spacial score (nSPS) is 20.8. The van der Waals surface area contributed by atoms with Crippen LogP contribution in [-0.4, -0.2) is 74.2 Å². The first kappa shape index (κ1) is 20.3. The number of rotatable bonds is 4. The van der Waals surface area contributed by atoms with E-state index in [9.17, 15) is 13.2 Å². The molecule has 0 bridgehead atoms. The number of benzene rings is 1. The second-order valence-corrected chi connectivity index (χ2v) is 9.62. The fourth-order valence-electron chi connectivity index (χ4n) is 3.91. The second-order valence-electron chi connectivity index (χ2n) is 7.68. The van der Waals surface area contributed by atoms with Crippen molar-refractivity contribution in [3.05, 3.63) is 29.3 Å². The SMILES string of the molecule is CCN1CCN(C(=O)C2CCN(S(=O)(=O)c3ccc(C)c(C)c3)CC2)CC1. The molecule has 2 heterocycles. The number of carbonyl (C=O) groups excluding carboxylic acids is 1. The Labute approximate surface area is 163 Å². The van der Waals surface area contributed by atoms with Gasteiger partial charge < -0.3 is 9.80 Å². The van der Waals surface area contributed by atoms with Crippen LogP contribution in [0.4, 0.5) is 0 Å². The number of nitrogens with zero attached hydrogens (tertiary/aromatic N) is 3. The van der Waals surface area contributed by atoms with Gasteiger partial charge in [-0.3, -0.25) is 4.79 Å². The molecule has 2 fully saturated rings. The van der Waals surface area contributed by atoms with E-state index in [1.165, 1.54) is 4.31 Å². The molecule has 1 amide bonds. The molecule has 2 saturated heterocycles. The molecule has 0 aliphatic carbocycles. The molecular formula is C20H31N3O3S. The van der Waals surface area contributed by atoms with Gasteiger partial charge in [0.15, 0.2) is 0 Å². The molecule has 3 rings (SSSR count). The Morgan fingerprint density at radius 3 is 2.19 bits per heavy atom. The van der Waals surface area contributed by atoms with Crippen LogP contribution < -0.4 is 0 Å². The highest BCUT2D eigenvalue weighted by atomic mass is 32.2. The molecule has 0 aromatic heterocycles. The number of amides is 1. The molecule has 7 heteroatoms. The van der Waals surface area contributed by atoms with E-state index >= 15 is 0 Å². The molecule has 150 valence electrons. The molecule has 0 atom stereocenters. The number of sulfonamides is 1. The van der Waals surface area contributed by atoms with Crippen molar-refractivity contribution in [3.63, 3.8) is 0 Å². The van der Waals surface area contributed by atoms with Crippen LogP contribution in [0, 0.1) is 19.8 Å². The summed E-state index contributed by atoms with van der Waals surface area (Å²) in [5, 5.41) is 0. The molecule has 1 aromatic carbocycles. The van der Waals surface area contributed by atoms with Crippen LogP contribution in [0.5, 0.6) is 0 Å². The van der Waals surface area contributed by atoms with E-state index in [0.29, 0.717) is 30.8 Å². The monoisotopic (exact) mass is 393 g/mol. The highest BCUT2D eigenvalue weighted by molar-refractivity contribution is 7.89. The molecule has 0 N–H and O–H groups in total. The van der Waals surface area contributed by atoms with Crippen LogP contribution in [0.15, 0.2) is 23.1 Å². The lowest BCUT2D eigenvalue weighted by Gasteiger charge is -2.38. The van der Waals surface area contributed by atoms with Crippen molar-refractivity contribution in [2.45, 2.75) is 38.5 Å². The van der Waals surface area contributed by atoms with E-state index < -0.39 is 10.0 Å². The molecule has 27 heavy (non-hydrogen) atoms. The number of likely N-dealkylation sites (N-methyl/N-ethyl adjacent to an activating group) is 1. The van der Waals surface area contributed by atoms with E-state index in [4.69, 9.17) is 0 Å². The summed E-state index contributed by atoms with van der Waals surface area (Å²) in [7, 11) is -3.48. The Morgan fingerprint density at radius 2 is 1.63 bits per heavy atom. The number of piperazine rings is 1. The molecule has 1 aromatic rings. The Bertz CT molecular complexity index is 778. The largest absolute Gasteiger partial charge is 0.340 e. The molecule has 0 spiro atoms. The maximum Gasteiger partial charge on any atom is 0.243 e. The van der Waals surface area contributed by atoms with Gasteiger partial charge in [0.2, 0.25) is 15.9 Å². The summed E-state index contributed by atoms with van der Waals surface area (Å²) in [5.41, 5.74) is 2.06. The van der Waals surface area contributed by atoms with Gasteiger partial charge in [-0.1, -0.05) is 13.0 Å². The van der Waals surface area contributed by atoms with Crippen LogP contribution in [0.1, 0.15) is 30.9 Å². The van der Waals surface area contributed by atoms with E-state index in [0.717, 1.165) is 43.9 Å². The fourth-order valence-corrected chi connectivity index (χ4v) is 5.46. The van der Waals surface area contributed by atoms with Crippen molar-refractivity contribution in [2.75, 3.05) is 45.8 Å². The number of hydrogen-bond donors (Lipinski definition) is 0. The highest BCUT2D eigenvalue weighted by Gasteiger charge is 2.34. The summed E-state index contributed by atoms with van der Waals surface area (Å²) in [6.45, 7) is 11.3. The molecule has 0 unspecified atom stereocenters. The molecule has 2 aliphatic rings. The Kier molecular flexibility index (Phi) is 6.23. The molecule has 0 saturated carbocycles. The topological polar surface area (TPSA) is 60.9 Å². The number of aryl methyl sites for hydroxylation is 2. The zero-order valence-electron chi connectivity index (χ0n) is 16.6. The van der Waals surface area contributed by atoms with Gasteiger partial charge in [-0.25, -0.2) is 8.42 Å². The minimum atomic E-state index is -3.48. The zero-order valence-corrected chi connectivity index (χ0v) is 17.5. The lowest BCUT2D eigenvalue weighted by atomic mass is 9.96. The minimum Gasteiger partial charge on any atom is -0.340 e. The van der Waals surface area contributed by atoms with Gasteiger partial charge in [-0.2, -0.15) is 4.31 Å². The number of carbonyl (C=O) groups is 1. The molecule has 6 nitrogen and oxygen atoms in total. The van der Waals surface area contributed by atoms with E-state index in [1.54, 1.807) is 12.1 Å². The van der Waals surface area contributed by atoms with Crippen molar-refractivity contribution >= 4 is 15.9 Å². The quantitative estimate of drug-likeness (QED) is 0.784. The number of hydrogen-bond acceptors (Lipinski definition) is 4. The second kappa shape index (κ2) is 8.29. The standard InChI is InChI=1S/C20H31N3O3S/c1-4-21-11-13-22(14-12-21)20(24)18-7-9-23(10-8-18)27(25,26)19-6-5-16(2)17(3)15-19/h5-6,15,18H,4,7-14H2,1-3H3. The van der Waals surface area contributed by atoms with Crippen molar-refractivity contribution in [1.82, 2.24) is 14.1 Å². The summed E-state index contributed by atoms with van der Waals surface area (Å²) >= 11 is 0. The fraction of sp³-hybridized carbons (Fsp3) is 0.650. The van der Waals surface area contributed by atoms with Gasteiger partial charge in [-0.05, 0) is 56.5 Å². The summed E-state index contributed by atoms with van der Waals surface area (Å²) in [4.78, 5) is 17.5. The summed E-state index contributed by atoms with van der Waals surface area (Å²) in [5.74, 6) is 0.151. The third kappa shape index (κ3) is 4.36. The van der Waals surface area contributed by atoms with Crippen molar-refractivity contribution in [3.8, 4) is 0 Å². The Balaban J connectivity index is 1.59. The third-order valence-electron chi connectivity index (χ3n) is 6.05. The molecular weight excluding hydrogens is 362 g/mol. The Morgan fingerprint density at radius 1 is 1.00 bits per heavy atom. The van der Waals surface area contributed by atoms with Gasteiger partial charge in [0, 0.05) is 45.2 Å². The van der Waals surface area contributed by atoms with Crippen LogP contribution >= 0.6 is 0 Å². The first-order valence-electron chi connectivity index (χ1n) is 9.91. The van der Waals surface area contributed by atoms with Gasteiger partial charge in [0.05, 0.1) is 4.90 Å². The van der Waals surface area contributed by atoms with E-state index in [-0.39, 0.29) is 11.8 Å². The van der Waals surface area contributed by atoms with E-state index in [1.807, 2.05) is 24.8 Å². The predicted molar refractivity (Wildman–Crippen MR) is 106 cm³/mol. The van der Waals surface area contributed by atoms with Crippen molar-refractivity contribution < 1.29 is 13.2 Å². The predicted octanol–water partition coefficient (Wildman–Crippen LogP) is 1.87. The van der Waals surface area contributed by atoms with Crippen LogP contribution in [-0.2, 0) is 14.8 Å². The molecule has 2 aliphatic heterocycles. The lowest BCUT2D eigenvalue weighted by Crippen LogP contribution is -2.51. The Hall–Kier alpha value is -1.44. The van der Waals surface area contributed by atoms with Gasteiger partial charge in [0.25, 0.3) is 0 Å². The highest BCUT2D eigenvalue weighted by Crippen LogP contribution is 2.26. The molecule has 0 radical (unpaired) electrons. The van der Waals surface area contributed by atoms with Crippen LogP contribution in [0.3, 0.4) is 0 Å². The zero-order chi connectivity index (χ0) is 19.6. The van der Waals surface area contributed by atoms with Gasteiger partial charge >= 0.3 is 0 Å². The maximum absolute atomic E-state index is 12.9. The van der Waals surface area contributed by atoms with Crippen LogP contribution in [0.25, 0.3) is 0 Å². The van der Waals surface area contributed by atoms with Crippen molar-refractivity contribution in [2.24, 2.45) is 5.92 Å². The number of piperidine rings is 1. The van der Waals surface area contributed by atoms with Crippen LogP contribution in [0.2, 0.25) is 0 Å². The summed E-state index contributed by atoms with van der Waals surface area (Å²) in [6.07, 6.45) is 1.22. The first-order valence-corrected chi connectivity index (χ1v) is 11.4. The summed E-state index contributed by atoms with van der Waals surface area (Å²) < 4.78 is 27.4. The third-order valence-corrected chi connectivity index (χ3v) is 7.95. The summed E-state index contributed by atoms with van der Waals surface area (Å²) in [6, 6.07) is 5.28. The van der Waals surface area contributed by atoms with E-state index in [2.05, 4.69) is 11.8 Å². The average Bonchev–Trinajstić information content (AvgIpc) is 2.69. The van der Waals surface area contributed by atoms with Gasteiger partial charge in [0.1, 0.15) is 0 Å². The smallest absolute Gasteiger partial charge is 0.243 e. The maximum atomic E-state index is 12.9. The minimum absolute atomic E-state index is 0.0515. The first-order chi connectivity index (χ1) is 12.8. The van der Waals surface area contributed by atoms with Gasteiger partial charge in [-0.15, -0.1) is 0 Å². The van der Waals surface area contributed by atoms with Crippen molar-refractivity contribution in [1.29, 1.82) is 0 Å².